The zero-order valence-electron chi connectivity index (χ0n) is 14.7. The monoisotopic (exact) mass is 409 g/mol. The second-order valence-corrected chi connectivity index (χ2v) is 7.21. The number of nitrogens with one attached hydrogen (secondary N) is 1. The molecule has 28 heavy (non-hydrogen) atoms. The maximum atomic E-state index is 13.2. The molecule has 3 aromatic rings. The van der Waals surface area contributed by atoms with Crippen molar-refractivity contribution in [3.63, 3.8) is 0 Å². The fraction of sp³-hybridized carbons (Fsp3) is 0.333. The molecule has 1 aliphatic carbocycles. The topological polar surface area (TPSA) is 72.2 Å². The quantitative estimate of drug-likeness (QED) is 0.711. The summed E-state index contributed by atoms with van der Waals surface area (Å²) in [7, 11) is 0. The van der Waals surface area contributed by atoms with Crippen LogP contribution in [0.3, 0.4) is 0 Å². The maximum absolute atomic E-state index is 13.2. The molecule has 0 spiro atoms. The number of halogens is 4. The van der Waals surface area contributed by atoms with E-state index < -0.39 is 24.0 Å². The largest absolute Gasteiger partial charge is 0.408 e. The molecule has 1 amide bonds. The molecular weight excluding hydrogens is 395 g/mol. The molecule has 0 bridgehead atoms. The summed E-state index contributed by atoms with van der Waals surface area (Å²) in [6, 6.07) is 4.61. The number of aryl methyl sites for hydroxylation is 1. The number of pyridine rings is 1. The molecular formula is C18H15ClF3N5O. The first-order chi connectivity index (χ1) is 13.2. The predicted octanol–water partition coefficient (Wildman–Crippen LogP) is 3.82. The fourth-order valence-electron chi connectivity index (χ4n) is 3.01. The van der Waals surface area contributed by atoms with Crippen molar-refractivity contribution in [1.29, 1.82) is 0 Å². The van der Waals surface area contributed by atoms with Crippen LogP contribution in [0.5, 0.6) is 0 Å². The third-order valence-corrected chi connectivity index (χ3v) is 4.78. The molecule has 10 heteroatoms. The second-order valence-electron chi connectivity index (χ2n) is 6.77. The van der Waals surface area contributed by atoms with E-state index in [1.165, 1.54) is 16.8 Å². The molecule has 1 saturated carbocycles. The molecule has 1 N–H and O–H groups in total. The summed E-state index contributed by atoms with van der Waals surface area (Å²) in [5, 5.41) is 6.67. The van der Waals surface area contributed by atoms with Crippen molar-refractivity contribution in [2.24, 2.45) is 5.92 Å². The van der Waals surface area contributed by atoms with Gasteiger partial charge in [0.2, 0.25) is 0 Å². The molecule has 3 heterocycles. The minimum Gasteiger partial charge on any atom is -0.339 e. The lowest BCUT2D eigenvalue weighted by Gasteiger charge is -2.20. The Labute approximate surface area is 162 Å². The van der Waals surface area contributed by atoms with Gasteiger partial charge in [0.15, 0.2) is 11.3 Å². The number of aromatic nitrogens is 4. The van der Waals surface area contributed by atoms with Gasteiger partial charge in [0.05, 0.1) is 16.4 Å². The average Bonchev–Trinajstić information content (AvgIpc) is 3.36. The number of hydrogen-bond acceptors (Lipinski definition) is 4. The van der Waals surface area contributed by atoms with Crippen molar-refractivity contribution < 1.29 is 18.0 Å². The summed E-state index contributed by atoms with van der Waals surface area (Å²) in [6.45, 7) is 1.76. The van der Waals surface area contributed by atoms with Gasteiger partial charge in [-0.25, -0.2) is 9.50 Å². The van der Waals surface area contributed by atoms with Crippen LogP contribution in [0.4, 0.5) is 13.2 Å². The summed E-state index contributed by atoms with van der Waals surface area (Å²) in [6.07, 6.45) is -2.10. The van der Waals surface area contributed by atoms with Gasteiger partial charge < -0.3 is 5.32 Å². The van der Waals surface area contributed by atoms with E-state index in [1.54, 1.807) is 25.1 Å². The molecule has 3 aromatic heterocycles. The highest BCUT2D eigenvalue weighted by Crippen LogP contribution is 2.40. The summed E-state index contributed by atoms with van der Waals surface area (Å²) < 4.78 is 40.9. The highest BCUT2D eigenvalue weighted by Gasteiger charge is 2.49. The molecule has 0 aliphatic heterocycles. The normalized spacial score (nSPS) is 15.6. The van der Waals surface area contributed by atoms with E-state index >= 15 is 0 Å². The van der Waals surface area contributed by atoms with E-state index in [9.17, 15) is 18.0 Å². The average molecular weight is 410 g/mol. The Balaban J connectivity index is 1.64. The van der Waals surface area contributed by atoms with Crippen LogP contribution in [0.15, 0.2) is 30.5 Å². The van der Waals surface area contributed by atoms with Gasteiger partial charge in [-0.2, -0.15) is 18.3 Å². The van der Waals surface area contributed by atoms with Crippen LogP contribution < -0.4 is 5.32 Å². The fourth-order valence-corrected chi connectivity index (χ4v) is 3.12. The minimum atomic E-state index is -4.49. The number of hydrogen-bond donors (Lipinski definition) is 1. The third-order valence-electron chi connectivity index (χ3n) is 4.56. The number of nitrogens with zero attached hydrogens (tertiary/aromatic N) is 4. The molecule has 1 fully saturated rings. The van der Waals surface area contributed by atoms with Crippen molar-refractivity contribution in [2.75, 3.05) is 0 Å². The summed E-state index contributed by atoms with van der Waals surface area (Å²) >= 11 is 5.84. The Hall–Kier alpha value is -2.68. The number of fused-ring (bicyclic) bond motifs is 1. The Morgan fingerprint density at radius 1 is 1.29 bits per heavy atom. The summed E-state index contributed by atoms with van der Waals surface area (Å²) in [4.78, 5) is 21.0. The highest BCUT2D eigenvalue weighted by atomic mass is 35.5. The molecule has 146 valence electrons. The molecule has 0 radical (unpaired) electrons. The zero-order valence-corrected chi connectivity index (χ0v) is 15.4. The summed E-state index contributed by atoms with van der Waals surface area (Å²) in [5.74, 6) is -1.44. The van der Waals surface area contributed by atoms with E-state index in [1.807, 2.05) is 0 Å². The first kappa shape index (κ1) is 18.7. The van der Waals surface area contributed by atoms with Gasteiger partial charge in [-0.05, 0) is 43.9 Å². The van der Waals surface area contributed by atoms with Crippen LogP contribution in [0.1, 0.15) is 29.0 Å². The standard InChI is InChI=1S/C18H15ClF3N5O/c1-9-6-13(12-5-4-11(19)8-23-12)24-15-7-14(26-27(9)15)17(28)25-16(10-2-3-10)18(20,21)22/h4-8,10,16H,2-3H2,1H3,(H,25,28). The number of carbonyl (C=O) groups is 1. The van der Waals surface area contributed by atoms with E-state index in [-0.39, 0.29) is 5.69 Å². The van der Waals surface area contributed by atoms with Gasteiger partial charge in [0.1, 0.15) is 6.04 Å². The van der Waals surface area contributed by atoms with Gasteiger partial charge in [-0.3, -0.25) is 9.78 Å². The molecule has 1 atom stereocenters. The molecule has 0 saturated heterocycles. The number of carbonyl (C=O) groups excluding carboxylic acids is 1. The van der Waals surface area contributed by atoms with Crippen molar-refractivity contribution in [1.82, 2.24) is 24.9 Å². The maximum Gasteiger partial charge on any atom is 0.408 e. The smallest absolute Gasteiger partial charge is 0.339 e. The lowest BCUT2D eigenvalue weighted by atomic mass is 10.1. The van der Waals surface area contributed by atoms with E-state index in [2.05, 4.69) is 20.4 Å². The summed E-state index contributed by atoms with van der Waals surface area (Å²) in [5.41, 5.74) is 2.00. The van der Waals surface area contributed by atoms with E-state index in [0.29, 0.717) is 40.6 Å². The molecule has 6 nitrogen and oxygen atoms in total. The van der Waals surface area contributed by atoms with Crippen LogP contribution in [-0.2, 0) is 0 Å². The van der Waals surface area contributed by atoms with Gasteiger partial charge in [-0.15, -0.1) is 0 Å². The molecule has 0 aromatic carbocycles. The molecule has 4 rings (SSSR count). The van der Waals surface area contributed by atoms with Gasteiger partial charge in [0.25, 0.3) is 5.91 Å². The van der Waals surface area contributed by atoms with Crippen LogP contribution in [-0.4, -0.2) is 37.7 Å². The Kier molecular flexibility index (Phi) is 4.49. The van der Waals surface area contributed by atoms with Crippen LogP contribution >= 0.6 is 11.6 Å². The molecule has 1 unspecified atom stereocenters. The lowest BCUT2D eigenvalue weighted by molar-refractivity contribution is -0.158. The number of alkyl halides is 3. The van der Waals surface area contributed by atoms with Crippen LogP contribution in [0, 0.1) is 12.8 Å². The zero-order chi connectivity index (χ0) is 20.1. The first-order valence-corrected chi connectivity index (χ1v) is 8.97. The van der Waals surface area contributed by atoms with Gasteiger partial charge >= 0.3 is 6.18 Å². The van der Waals surface area contributed by atoms with Crippen molar-refractivity contribution in [2.45, 2.75) is 32.0 Å². The van der Waals surface area contributed by atoms with Crippen LogP contribution in [0.25, 0.3) is 17.0 Å². The van der Waals surface area contributed by atoms with E-state index in [0.717, 1.165) is 0 Å². The Morgan fingerprint density at radius 2 is 2.04 bits per heavy atom. The lowest BCUT2D eigenvalue weighted by Crippen LogP contribution is -2.47. The minimum absolute atomic E-state index is 0.119. The van der Waals surface area contributed by atoms with E-state index in [4.69, 9.17) is 11.6 Å². The Bertz CT molecular complexity index is 1040. The van der Waals surface area contributed by atoms with Crippen LogP contribution in [0.2, 0.25) is 5.02 Å². The first-order valence-electron chi connectivity index (χ1n) is 8.59. The third kappa shape index (κ3) is 3.66. The number of rotatable bonds is 4. The Morgan fingerprint density at radius 3 is 2.64 bits per heavy atom. The van der Waals surface area contributed by atoms with Gasteiger partial charge in [-0.1, -0.05) is 11.6 Å². The number of amides is 1. The van der Waals surface area contributed by atoms with Gasteiger partial charge in [0, 0.05) is 18.0 Å². The predicted molar refractivity (Wildman–Crippen MR) is 96.0 cm³/mol. The van der Waals surface area contributed by atoms with Crippen molar-refractivity contribution in [3.8, 4) is 11.4 Å². The highest BCUT2D eigenvalue weighted by molar-refractivity contribution is 6.30. The van der Waals surface area contributed by atoms with Crippen molar-refractivity contribution >= 4 is 23.2 Å². The van der Waals surface area contributed by atoms with Crippen molar-refractivity contribution in [3.05, 3.63) is 46.9 Å². The molecule has 1 aliphatic rings. The second kappa shape index (κ2) is 6.73. The SMILES string of the molecule is Cc1cc(-c2ccc(Cl)cn2)nc2cc(C(=O)NC(C3CC3)C(F)(F)F)nn12.